The second-order valence-electron chi connectivity index (χ2n) is 6.50. The second kappa shape index (κ2) is 11.6. The molecule has 6 heteroatoms. The van der Waals surface area contributed by atoms with Crippen molar-refractivity contribution in [2.75, 3.05) is 0 Å². The van der Waals surface area contributed by atoms with Gasteiger partial charge in [0.15, 0.2) is 0 Å². The van der Waals surface area contributed by atoms with Crippen LogP contribution >= 0.6 is 24.0 Å². The first-order valence-electron chi connectivity index (χ1n) is 8.68. The highest BCUT2D eigenvalue weighted by Crippen LogP contribution is 2.29. The lowest BCUT2D eigenvalue weighted by Gasteiger charge is -2.32. The zero-order valence-electron chi connectivity index (χ0n) is 15.7. The van der Waals surface area contributed by atoms with Crippen molar-refractivity contribution in [3.8, 4) is 5.75 Å². The quantitative estimate of drug-likeness (QED) is 0.610. The number of carbonyl (C=O) groups excluding carboxylic acids is 1. The number of hydrogen-bond donors (Lipinski definition) is 1. The molecule has 1 rings (SSSR count). The third-order valence-electron chi connectivity index (χ3n) is 4.37. The summed E-state index contributed by atoms with van der Waals surface area (Å²) in [6.45, 7) is 9.85. The number of carbonyl (C=O) groups is 1. The Hall–Kier alpha value is -0.970. The zero-order valence-corrected chi connectivity index (χ0v) is 17.3. The molecule has 4 nitrogen and oxygen atoms in total. The van der Waals surface area contributed by atoms with Gasteiger partial charge in [-0.15, -0.1) is 12.4 Å². The Morgan fingerprint density at radius 2 is 1.72 bits per heavy atom. The van der Waals surface area contributed by atoms with Crippen LogP contribution in [0.4, 0.5) is 0 Å². The monoisotopic (exact) mass is 391 g/mol. The summed E-state index contributed by atoms with van der Waals surface area (Å²) in [5.41, 5.74) is 5.89. The highest BCUT2D eigenvalue weighted by Gasteiger charge is 2.31. The van der Waals surface area contributed by atoms with Gasteiger partial charge in [-0.05, 0) is 43.7 Å². The van der Waals surface area contributed by atoms with Crippen LogP contribution in [0.2, 0.25) is 5.02 Å². The maximum atomic E-state index is 12.2. The fraction of sp³-hybridized carbons (Fsp3) is 0.632. The van der Waals surface area contributed by atoms with Crippen molar-refractivity contribution in [2.45, 2.75) is 65.7 Å². The van der Waals surface area contributed by atoms with Crippen molar-refractivity contribution in [1.82, 2.24) is 0 Å². The van der Waals surface area contributed by atoms with Gasteiger partial charge in [0, 0.05) is 0 Å². The number of ether oxygens (including phenoxy) is 2. The third kappa shape index (κ3) is 7.04. The lowest BCUT2D eigenvalue weighted by Crippen LogP contribution is -2.44. The molecule has 0 aliphatic heterocycles. The molecule has 1 aromatic rings. The Morgan fingerprint density at radius 3 is 2.20 bits per heavy atom. The molecule has 0 unspecified atom stereocenters. The molecule has 144 valence electrons. The number of para-hydroxylation sites is 1. The molecule has 0 radical (unpaired) electrons. The summed E-state index contributed by atoms with van der Waals surface area (Å²) in [6.07, 6.45) is 1.15. The topological polar surface area (TPSA) is 61.5 Å². The van der Waals surface area contributed by atoms with Crippen molar-refractivity contribution >= 4 is 30.0 Å². The van der Waals surface area contributed by atoms with E-state index in [2.05, 4.69) is 13.8 Å². The third-order valence-corrected chi connectivity index (χ3v) is 4.68. The zero-order chi connectivity index (χ0) is 18.3. The predicted octanol–water partition coefficient (Wildman–Crippen LogP) is 4.86. The summed E-state index contributed by atoms with van der Waals surface area (Å²) in [7, 11) is 0. The van der Waals surface area contributed by atoms with Crippen LogP contribution in [0.25, 0.3) is 0 Å². The average Bonchev–Trinajstić information content (AvgIpc) is 2.55. The van der Waals surface area contributed by atoms with Gasteiger partial charge >= 0.3 is 5.97 Å². The number of rotatable bonds is 9. The van der Waals surface area contributed by atoms with Crippen molar-refractivity contribution in [2.24, 2.45) is 17.6 Å². The first-order valence-corrected chi connectivity index (χ1v) is 9.06. The van der Waals surface area contributed by atoms with E-state index in [4.69, 9.17) is 26.8 Å². The summed E-state index contributed by atoms with van der Waals surface area (Å²) in [4.78, 5) is 12.2. The molecular formula is C19H31Cl2NO3. The lowest BCUT2D eigenvalue weighted by atomic mass is 9.93. The minimum absolute atomic E-state index is 0. The van der Waals surface area contributed by atoms with E-state index in [0.29, 0.717) is 10.8 Å². The Kier molecular flexibility index (Phi) is 11.2. The maximum absolute atomic E-state index is 12.2. The first kappa shape index (κ1) is 24.0. The highest BCUT2D eigenvalue weighted by atomic mass is 35.5. The first-order chi connectivity index (χ1) is 11.3. The van der Waals surface area contributed by atoms with Gasteiger partial charge in [0.1, 0.15) is 24.0 Å². The minimum Gasteiger partial charge on any atom is -0.485 e. The van der Waals surface area contributed by atoms with Crippen molar-refractivity contribution < 1.29 is 14.3 Å². The molecule has 1 aromatic carbocycles. The van der Waals surface area contributed by atoms with Gasteiger partial charge in [0.25, 0.3) is 0 Å². The molecule has 0 aliphatic rings. The molecule has 0 spiro atoms. The van der Waals surface area contributed by atoms with E-state index in [-0.39, 0.29) is 30.3 Å². The Morgan fingerprint density at radius 1 is 1.16 bits per heavy atom. The lowest BCUT2D eigenvalue weighted by molar-refractivity contribution is -0.157. The van der Waals surface area contributed by atoms with Crippen LogP contribution in [0.1, 0.15) is 47.5 Å². The van der Waals surface area contributed by atoms with E-state index in [0.717, 1.165) is 12.8 Å². The van der Waals surface area contributed by atoms with Crippen LogP contribution in [0.15, 0.2) is 24.3 Å². The van der Waals surface area contributed by atoms with Crippen LogP contribution in [0.3, 0.4) is 0 Å². The predicted molar refractivity (Wildman–Crippen MR) is 106 cm³/mol. The van der Waals surface area contributed by atoms with Crippen molar-refractivity contribution in [3.05, 3.63) is 29.3 Å². The fourth-order valence-corrected chi connectivity index (χ4v) is 2.80. The number of esters is 1. The summed E-state index contributed by atoms with van der Waals surface area (Å²) < 4.78 is 11.7. The molecule has 0 fully saturated rings. The van der Waals surface area contributed by atoms with Crippen LogP contribution in [-0.2, 0) is 9.53 Å². The number of benzene rings is 1. The van der Waals surface area contributed by atoms with E-state index >= 15 is 0 Å². The minimum atomic E-state index is -0.630. The normalized spacial score (nSPS) is 14.6. The molecule has 0 saturated heterocycles. The molecule has 0 bridgehead atoms. The van der Waals surface area contributed by atoms with Gasteiger partial charge in [-0.25, -0.2) is 0 Å². The molecule has 0 aliphatic carbocycles. The van der Waals surface area contributed by atoms with Gasteiger partial charge in [0.2, 0.25) is 0 Å². The SMILES string of the molecule is CCC(CC)[C@@H](Oc1ccccc1Cl)[C@H](C)OC(=O)[C@@H](N)C(C)C.Cl. The van der Waals surface area contributed by atoms with Gasteiger partial charge in [-0.3, -0.25) is 4.79 Å². The summed E-state index contributed by atoms with van der Waals surface area (Å²) in [5.74, 6) is 0.489. The smallest absolute Gasteiger partial charge is 0.323 e. The summed E-state index contributed by atoms with van der Waals surface area (Å²) in [5, 5.41) is 0.547. The molecular weight excluding hydrogens is 361 g/mol. The Balaban J connectivity index is 0.00000576. The van der Waals surface area contributed by atoms with Gasteiger partial charge in [-0.2, -0.15) is 0 Å². The van der Waals surface area contributed by atoms with Gasteiger partial charge in [0.05, 0.1) is 5.02 Å². The van der Waals surface area contributed by atoms with Crippen molar-refractivity contribution in [1.29, 1.82) is 0 Å². The van der Waals surface area contributed by atoms with E-state index in [1.165, 1.54) is 0 Å². The summed E-state index contributed by atoms with van der Waals surface area (Å²) >= 11 is 6.21. The molecule has 3 atom stereocenters. The van der Waals surface area contributed by atoms with Crippen LogP contribution in [-0.4, -0.2) is 24.2 Å². The maximum Gasteiger partial charge on any atom is 0.323 e. The van der Waals surface area contributed by atoms with E-state index in [1.807, 2.05) is 39.0 Å². The highest BCUT2D eigenvalue weighted by molar-refractivity contribution is 6.32. The largest absolute Gasteiger partial charge is 0.485 e. The van der Waals surface area contributed by atoms with Gasteiger partial charge < -0.3 is 15.2 Å². The molecule has 2 N–H and O–H groups in total. The van der Waals surface area contributed by atoms with Crippen LogP contribution in [0, 0.1) is 11.8 Å². The molecule has 0 aromatic heterocycles. The van der Waals surface area contributed by atoms with Gasteiger partial charge in [-0.1, -0.05) is 51.4 Å². The molecule has 25 heavy (non-hydrogen) atoms. The number of nitrogens with two attached hydrogens (primary N) is 1. The number of halogens is 2. The molecule has 0 amide bonds. The Labute approximate surface area is 162 Å². The number of hydrogen-bond acceptors (Lipinski definition) is 4. The Bertz CT molecular complexity index is 521. The average molecular weight is 392 g/mol. The molecule has 0 heterocycles. The van der Waals surface area contributed by atoms with E-state index < -0.39 is 18.1 Å². The summed E-state index contributed by atoms with van der Waals surface area (Å²) in [6, 6.07) is 6.71. The van der Waals surface area contributed by atoms with Crippen LogP contribution < -0.4 is 10.5 Å². The van der Waals surface area contributed by atoms with Crippen molar-refractivity contribution in [3.63, 3.8) is 0 Å². The van der Waals surface area contributed by atoms with Crippen LogP contribution in [0.5, 0.6) is 5.75 Å². The van der Waals surface area contributed by atoms with E-state index in [1.54, 1.807) is 6.07 Å². The molecule has 0 saturated carbocycles. The van der Waals surface area contributed by atoms with E-state index in [9.17, 15) is 4.79 Å². The second-order valence-corrected chi connectivity index (χ2v) is 6.91. The fourth-order valence-electron chi connectivity index (χ4n) is 2.62. The standard InChI is InChI=1S/C19H30ClNO3.ClH/c1-6-14(7-2)18(24-16-11-9-8-10-15(16)20)13(5)23-19(22)17(21)12(3)4;/h8-14,17-18H,6-7,21H2,1-5H3;1H/t13-,17-,18-;/m0./s1.